The van der Waals surface area contributed by atoms with Crippen LogP contribution >= 0.6 is 34.5 Å². The van der Waals surface area contributed by atoms with E-state index < -0.39 is 16.1 Å². The van der Waals surface area contributed by atoms with E-state index in [0.717, 1.165) is 11.3 Å². The molecule has 1 aromatic heterocycles. The molecule has 0 aliphatic carbocycles. The molecule has 1 aliphatic heterocycles. The van der Waals surface area contributed by atoms with Crippen molar-refractivity contribution in [3.63, 3.8) is 0 Å². The first-order valence-electron chi connectivity index (χ1n) is 7.20. The largest absolute Gasteiger partial charge is 0.325 e. The molecule has 1 unspecified atom stereocenters. The van der Waals surface area contributed by atoms with Crippen LogP contribution in [-0.4, -0.2) is 31.2 Å². The predicted octanol–water partition coefficient (Wildman–Crippen LogP) is 3.85. The Labute approximate surface area is 154 Å². The molecule has 0 saturated carbocycles. The fraction of sp³-hybridized carbons (Fsp3) is 0.267. The normalized spacial score (nSPS) is 18.7. The quantitative estimate of drug-likeness (QED) is 0.841. The van der Waals surface area contributed by atoms with E-state index in [4.69, 9.17) is 23.2 Å². The maximum Gasteiger partial charge on any atom is 0.253 e. The molecule has 1 amide bonds. The van der Waals surface area contributed by atoms with E-state index in [9.17, 15) is 13.2 Å². The second kappa shape index (κ2) is 7.01. The lowest BCUT2D eigenvalue weighted by Crippen LogP contribution is -2.42. The molecule has 0 radical (unpaired) electrons. The van der Waals surface area contributed by atoms with Crippen molar-refractivity contribution in [2.45, 2.75) is 23.1 Å². The zero-order valence-electron chi connectivity index (χ0n) is 12.4. The Kier molecular flexibility index (Phi) is 5.17. The van der Waals surface area contributed by atoms with Gasteiger partial charge in [0.2, 0.25) is 5.91 Å². The van der Waals surface area contributed by atoms with E-state index >= 15 is 0 Å². The first kappa shape index (κ1) is 17.7. The summed E-state index contributed by atoms with van der Waals surface area (Å²) in [6, 6.07) is 7.18. The number of benzene rings is 1. The van der Waals surface area contributed by atoms with Crippen molar-refractivity contribution in [2.24, 2.45) is 0 Å². The van der Waals surface area contributed by atoms with Crippen molar-refractivity contribution in [2.75, 3.05) is 11.9 Å². The molecule has 1 atom stereocenters. The van der Waals surface area contributed by atoms with Crippen LogP contribution in [0.1, 0.15) is 12.8 Å². The third-order valence-corrected chi connectivity index (χ3v) is 7.41. The molecule has 3 rings (SSSR count). The lowest BCUT2D eigenvalue weighted by atomic mass is 10.2. The third-order valence-electron chi connectivity index (χ3n) is 3.69. The number of rotatable bonds is 4. The third kappa shape index (κ3) is 3.60. The van der Waals surface area contributed by atoms with Crippen molar-refractivity contribution >= 4 is 56.2 Å². The van der Waals surface area contributed by atoms with E-state index in [-0.39, 0.29) is 10.1 Å². The van der Waals surface area contributed by atoms with Crippen LogP contribution in [-0.2, 0) is 14.8 Å². The Bertz CT molecular complexity index is 833. The number of nitrogens with zero attached hydrogens (tertiary/aromatic N) is 1. The second-order valence-electron chi connectivity index (χ2n) is 5.35. The Balaban J connectivity index is 1.81. The van der Waals surface area contributed by atoms with Crippen LogP contribution in [0, 0.1) is 0 Å². The average Bonchev–Trinajstić information content (AvgIpc) is 3.18. The Morgan fingerprint density at radius 1 is 1.25 bits per heavy atom. The van der Waals surface area contributed by atoms with Crippen LogP contribution in [0.3, 0.4) is 0 Å². The molecular weight excluding hydrogens is 391 g/mol. The highest BCUT2D eigenvalue weighted by Crippen LogP contribution is 2.30. The highest BCUT2D eigenvalue weighted by molar-refractivity contribution is 7.91. The van der Waals surface area contributed by atoms with Gasteiger partial charge < -0.3 is 5.32 Å². The molecule has 1 fully saturated rings. The molecule has 2 aromatic rings. The van der Waals surface area contributed by atoms with Crippen molar-refractivity contribution < 1.29 is 13.2 Å². The number of carbonyl (C=O) groups is 1. The average molecular weight is 405 g/mol. The van der Waals surface area contributed by atoms with Gasteiger partial charge in [-0.2, -0.15) is 4.31 Å². The van der Waals surface area contributed by atoms with Gasteiger partial charge in [-0.25, -0.2) is 8.42 Å². The topological polar surface area (TPSA) is 66.5 Å². The summed E-state index contributed by atoms with van der Waals surface area (Å²) < 4.78 is 26.9. The number of amides is 1. The van der Waals surface area contributed by atoms with Gasteiger partial charge in [-0.15, -0.1) is 11.3 Å². The fourth-order valence-electron chi connectivity index (χ4n) is 2.67. The molecule has 5 nitrogen and oxygen atoms in total. The smallest absolute Gasteiger partial charge is 0.253 e. The van der Waals surface area contributed by atoms with Crippen molar-refractivity contribution in [1.29, 1.82) is 0 Å². The van der Waals surface area contributed by atoms with Crippen LogP contribution < -0.4 is 5.32 Å². The van der Waals surface area contributed by atoms with Gasteiger partial charge in [0.15, 0.2) is 0 Å². The minimum Gasteiger partial charge on any atom is -0.325 e. The van der Waals surface area contributed by atoms with Crippen LogP contribution in [0.5, 0.6) is 0 Å². The number of halogens is 2. The number of nitrogens with one attached hydrogen (secondary N) is 1. The summed E-state index contributed by atoms with van der Waals surface area (Å²) in [5.74, 6) is -0.383. The molecule has 1 saturated heterocycles. The molecular formula is C15H14Cl2N2O3S2. The van der Waals surface area contributed by atoms with Gasteiger partial charge in [-0.05, 0) is 42.5 Å². The minimum atomic E-state index is -3.66. The van der Waals surface area contributed by atoms with Gasteiger partial charge in [0.25, 0.3) is 10.0 Å². The van der Waals surface area contributed by atoms with Gasteiger partial charge in [0.05, 0.1) is 0 Å². The van der Waals surface area contributed by atoms with E-state index in [1.54, 1.807) is 35.7 Å². The fourth-order valence-corrected chi connectivity index (χ4v) is 5.97. The van der Waals surface area contributed by atoms with Gasteiger partial charge in [-0.1, -0.05) is 29.3 Å². The van der Waals surface area contributed by atoms with E-state index in [2.05, 4.69) is 5.32 Å². The molecule has 1 N–H and O–H groups in total. The summed E-state index contributed by atoms with van der Waals surface area (Å²) in [4.78, 5) is 12.6. The van der Waals surface area contributed by atoms with E-state index in [1.165, 1.54) is 4.31 Å². The van der Waals surface area contributed by atoms with Crippen LogP contribution in [0.15, 0.2) is 39.9 Å². The van der Waals surface area contributed by atoms with Gasteiger partial charge in [0, 0.05) is 22.3 Å². The lowest BCUT2D eigenvalue weighted by Gasteiger charge is -2.22. The van der Waals surface area contributed by atoms with Crippen molar-refractivity contribution in [3.05, 3.63) is 45.8 Å². The van der Waals surface area contributed by atoms with Gasteiger partial charge in [0.1, 0.15) is 10.3 Å². The summed E-state index contributed by atoms with van der Waals surface area (Å²) in [6.07, 6.45) is 1.11. The Morgan fingerprint density at radius 3 is 2.58 bits per heavy atom. The maximum absolute atomic E-state index is 12.7. The van der Waals surface area contributed by atoms with Crippen LogP contribution in [0.25, 0.3) is 0 Å². The minimum absolute atomic E-state index is 0.244. The van der Waals surface area contributed by atoms with E-state index in [0.29, 0.717) is 35.1 Å². The Morgan fingerprint density at radius 2 is 1.96 bits per heavy atom. The zero-order chi connectivity index (χ0) is 17.3. The molecule has 128 valence electrons. The summed E-state index contributed by atoms with van der Waals surface area (Å²) in [5, 5.41) is 5.19. The summed E-state index contributed by atoms with van der Waals surface area (Å²) in [7, 11) is -3.66. The summed E-state index contributed by atoms with van der Waals surface area (Å²) in [6.45, 7) is 0.328. The standard InChI is InChI=1S/C15H14Cl2N2O3S2/c16-10-7-11(17)9-12(8-10)18-15(20)13-3-1-5-19(13)24(21,22)14-4-2-6-23-14/h2,4,6-9,13H,1,3,5H2,(H,18,20). The van der Waals surface area contributed by atoms with Crippen molar-refractivity contribution in [3.8, 4) is 0 Å². The monoisotopic (exact) mass is 404 g/mol. The SMILES string of the molecule is O=C(Nc1cc(Cl)cc(Cl)c1)C1CCCN1S(=O)(=O)c1cccs1. The first-order valence-corrected chi connectivity index (χ1v) is 10.3. The highest BCUT2D eigenvalue weighted by Gasteiger charge is 2.39. The zero-order valence-corrected chi connectivity index (χ0v) is 15.6. The number of anilines is 1. The number of hydrogen-bond acceptors (Lipinski definition) is 4. The molecule has 9 heteroatoms. The van der Waals surface area contributed by atoms with Crippen LogP contribution in [0.2, 0.25) is 10.0 Å². The molecule has 1 aromatic carbocycles. The molecule has 24 heavy (non-hydrogen) atoms. The first-order chi connectivity index (χ1) is 11.4. The van der Waals surface area contributed by atoms with E-state index in [1.807, 2.05) is 0 Å². The summed E-state index contributed by atoms with van der Waals surface area (Å²) >= 11 is 13.0. The van der Waals surface area contributed by atoms with Crippen molar-refractivity contribution in [1.82, 2.24) is 4.31 Å². The molecule has 1 aliphatic rings. The second-order valence-corrected chi connectivity index (χ2v) is 9.29. The lowest BCUT2D eigenvalue weighted by molar-refractivity contribution is -0.119. The Hall–Kier alpha value is -1.12. The summed E-state index contributed by atoms with van der Waals surface area (Å²) in [5.41, 5.74) is 0.442. The number of carbonyl (C=O) groups excluding carboxylic acids is 1. The maximum atomic E-state index is 12.7. The molecule has 0 spiro atoms. The number of thiophene rings is 1. The molecule has 0 bridgehead atoms. The van der Waals surface area contributed by atoms with Gasteiger partial charge in [-0.3, -0.25) is 4.79 Å². The predicted molar refractivity (Wildman–Crippen MR) is 96.3 cm³/mol. The number of hydrogen-bond donors (Lipinski definition) is 1. The van der Waals surface area contributed by atoms with Crippen LogP contribution in [0.4, 0.5) is 5.69 Å². The number of sulfonamides is 1. The van der Waals surface area contributed by atoms with Gasteiger partial charge >= 0.3 is 0 Å². The molecule has 2 heterocycles. The highest BCUT2D eigenvalue weighted by atomic mass is 35.5.